The highest BCUT2D eigenvalue weighted by atomic mass is 32.2. The Balaban J connectivity index is 2.16. The summed E-state index contributed by atoms with van der Waals surface area (Å²) in [5, 5.41) is 8.64. The van der Waals surface area contributed by atoms with Crippen molar-refractivity contribution in [3.63, 3.8) is 0 Å². The summed E-state index contributed by atoms with van der Waals surface area (Å²) in [6.07, 6.45) is 2.09. The lowest BCUT2D eigenvalue weighted by Crippen LogP contribution is -2.37. The van der Waals surface area contributed by atoms with Crippen LogP contribution in [0.4, 0.5) is 5.69 Å². The van der Waals surface area contributed by atoms with E-state index in [-0.39, 0.29) is 12.4 Å². The van der Waals surface area contributed by atoms with Crippen LogP contribution in [0.2, 0.25) is 0 Å². The first-order valence-corrected chi connectivity index (χ1v) is 7.94. The van der Waals surface area contributed by atoms with Gasteiger partial charge in [-0.1, -0.05) is 11.8 Å². The Hall–Kier alpha value is -1.51. The fourth-order valence-corrected chi connectivity index (χ4v) is 3.65. The summed E-state index contributed by atoms with van der Waals surface area (Å²) in [5.74, 6) is 5.98. The molecule has 0 atom stereocenters. The largest absolute Gasteiger partial charge is 0.395 e. The van der Waals surface area contributed by atoms with Crippen LogP contribution in [0.15, 0.2) is 24.3 Å². The summed E-state index contributed by atoms with van der Waals surface area (Å²) in [5.41, 5.74) is 1.53. The van der Waals surface area contributed by atoms with E-state index in [4.69, 9.17) is 5.11 Å². The Labute approximate surface area is 114 Å². The summed E-state index contributed by atoms with van der Waals surface area (Å²) in [4.78, 5) is 0. The van der Waals surface area contributed by atoms with E-state index in [0.29, 0.717) is 18.7 Å². The van der Waals surface area contributed by atoms with Gasteiger partial charge in [-0.05, 0) is 37.1 Å². The average molecular weight is 279 g/mol. The summed E-state index contributed by atoms with van der Waals surface area (Å²) in [6.45, 7) is 0.606. The molecule has 19 heavy (non-hydrogen) atoms. The van der Waals surface area contributed by atoms with E-state index in [0.717, 1.165) is 18.4 Å². The van der Waals surface area contributed by atoms with Crippen LogP contribution in [-0.4, -0.2) is 32.4 Å². The molecule has 0 unspecified atom stereocenters. The van der Waals surface area contributed by atoms with Crippen LogP contribution in [0.25, 0.3) is 0 Å². The minimum Gasteiger partial charge on any atom is -0.395 e. The molecule has 0 aromatic heterocycles. The Bertz CT molecular complexity index is 581. The van der Waals surface area contributed by atoms with Crippen molar-refractivity contribution < 1.29 is 13.5 Å². The summed E-state index contributed by atoms with van der Waals surface area (Å²) in [7, 11) is -3.15. The number of benzene rings is 1. The molecule has 1 fully saturated rings. The van der Waals surface area contributed by atoms with Gasteiger partial charge < -0.3 is 5.11 Å². The van der Waals surface area contributed by atoms with Gasteiger partial charge in [-0.2, -0.15) is 0 Å². The maximum absolute atomic E-state index is 11.9. The van der Waals surface area contributed by atoms with Crippen molar-refractivity contribution in [1.29, 1.82) is 0 Å². The molecule has 1 saturated heterocycles. The smallest absolute Gasteiger partial charge is 0.235 e. The fourth-order valence-electron chi connectivity index (χ4n) is 2.01. The van der Waals surface area contributed by atoms with Crippen LogP contribution < -0.4 is 4.31 Å². The molecule has 0 saturated carbocycles. The van der Waals surface area contributed by atoms with E-state index < -0.39 is 10.0 Å². The van der Waals surface area contributed by atoms with Gasteiger partial charge in [0.2, 0.25) is 10.0 Å². The summed E-state index contributed by atoms with van der Waals surface area (Å²) < 4.78 is 25.4. The zero-order chi connectivity index (χ0) is 13.7. The Morgan fingerprint density at radius 2 is 1.95 bits per heavy atom. The van der Waals surface area contributed by atoms with Gasteiger partial charge >= 0.3 is 0 Å². The molecular formula is C14H17NO3S. The van der Waals surface area contributed by atoms with Crippen molar-refractivity contribution in [3.8, 4) is 11.8 Å². The van der Waals surface area contributed by atoms with Gasteiger partial charge in [-0.15, -0.1) is 0 Å². The normalized spacial score (nSPS) is 17.6. The van der Waals surface area contributed by atoms with Gasteiger partial charge in [-0.25, -0.2) is 8.42 Å². The lowest BCUT2D eigenvalue weighted by Gasteiger charge is -2.28. The fraction of sp³-hybridized carbons (Fsp3) is 0.429. The Morgan fingerprint density at radius 3 is 2.58 bits per heavy atom. The maximum atomic E-state index is 11.9. The maximum Gasteiger partial charge on any atom is 0.235 e. The first-order valence-electron chi connectivity index (χ1n) is 6.34. The van der Waals surface area contributed by atoms with Crippen LogP contribution in [-0.2, 0) is 10.0 Å². The zero-order valence-corrected chi connectivity index (χ0v) is 11.5. The molecule has 1 aliphatic rings. The number of hydrogen-bond donors (Lipinski definition) is 1. The van der Waals surface area contributed by atoms with Gasteiger partial charge in [0.25, 0.3) is 0 Å². The summed E-state index contributed by atoms with van der Waals surface area (Å²) >= 11 is 0. The average Bonchev–Trinajstić information content (AvgIpc) is 2.40. The predicted octanol–water partition coefficient (Wildman–Crippen LogP) is 1.35. The van der Waals surface area contributed by atoms with Crippen molar-refractivity contribution in [2.45, 2.75) is 19.3 Å². The van der Waals surface area contributed by atoms with Gasteiger partial charge in [-0.3, -0.25) is 4.31 Å². The van der Waals surface area contributed by atoms with Crippen molar-refractivity contribution in [3.05, 3.63) is 29.8 Å². The van der Waals surface area contributed by atoms with Gasteiger partial charge in [0, 0.05) is 18.5 Å². The minimum absolute atomic E-state index is 0.0527. The number of nitrogens with zero attached hydrogens (tertiary/aromatic N) is 1. The summed E-state index contributed by atoms with van der Waals surface area (Å²) in [6, 6.07) is 7.19. The number of sulfonamides is 1. The van der Waals surface area contributed by atoms with E-state index in [9.17, 15) is 8.42 Å². The molecule has 0 amide bonds. The number of aliphatic hydroxyl groups excluding tert-OH is 1. The van der Waals surface area contributed by atoms with Crippen LogP contribution in [0, 0.1) is 11.8 Å². The first-order chi connectivity index (χ1) is 9.13. The number of anilines is 1. The van der Waals surface area contributed by atoms with Gasteiger partial charge in [0.05, 0.1) is 18.0 Å². The lowest BCUT2D eigenvalue weighted by atomic mass is 10.2. The molecule has 5 heteroatoms. The van der Waals surface area contributed by atoms with E-state index in [1.807, 2.05) is 12.1 Å². The molecule has 0 bridgehead atoms. The molecule has 102 valence electrons. The second kappa shape index (κ2) is 6.09. The molecule has 1 aromatic rings. The van der Waals surface area contributed by atoms with Crippen molar-refractivity contribution in [2.24, 2.45) is 0 Å². The van der Waals surface area contributed by atoms with Crippen molar-refractivity contribution in [1.82, 2.24) is 0 Å². The Morgan fingerprint density at radius 1 is 1.21 bits per heavy atom. The second-order valence-corrected chi connectivity index (χ2v) is 6.43. The highest BCUT2D eigenvalue weighted by molar-refractivity contribution is 7.92. The molecule has 1 aliphatic heterocycles. The first kappa shape index (κ1) is 13.9. The van der Waals surface area contributed by atoms with Crippen molar-refractivity contribution in [2.75, 3.05) is 23.2 Å². The van der Waals surface area contributed by atoms with Gasteiger partial charge in [0.1, 0.15) is 0 Å². The SMILES string of the molecule is O=S1(=O)CCCCN1c1ccc(C#CCCO)cc1. The van der Waals surface area contributed by atoms with Crippen LogP contribution in [0.1, 0.15) is 24.8 Å². The quantitative estimate of drug-likeness (QED) is 0.831. The molecule has 0 radical (unpaired) electrons. The van der Waals surface area contributed by atoms with Crippen LogP contribution >= 0.6 is 0 Å². The number of rotatable bonds is 2. The van der Waals surface area contributed by atoms with E-state index in [1.54, 1.807) is 12.1 Å². The van der Waals surface area contributed by atoms with Crippen LogP contribution in [0.5, 0.6) is 0 Å². The number of aliphatic hydroxyl groups is 1. The molecule has 0 aliphatic carbocycles. The highest BCUT2D eigenvalue weighted by Gasteiger charge is 2.25. The zero-order valence-electron chi connectivity index (χ0n) is 10.7. The van der Waals surface area contributed by atoms with E-state index >= 15 is 0 Å². The third kappa shape index (κ3) is 3.49. The lowest BCUT2D eigenvalue weighted by molar-refractivity contribution is 0.305. The predicted molar refractivity (Wildman–Crippen MR) is 75.4 cm³/mol. The van der Waals surface area contributed by atoms with Crippen LogP contribution in [0.3, 0.4) is 0 Å². The minimum atomic E-state index is -3.15. The molecule has 1 aromatic carbocycles. The molecule has 2 rings (SSSR count). The van der Waals surface area contributed by atoms with Crippen molar-refractivity contribution >= 4 is 15.7 Å². The van der Waals surface area contributed by atoms with E-state index in [1.165, 1.54) is 4.31 Å². The number of hydrogen-bond acceptors (Lipinski definition) is 3. The molecule has 4 nitrogen and oxygen atoms in total. The topological polar surface area (TPSA) is 57.6 Å². The molecule has 1 N–H and O–H groups in total. The Kier molecular flexibility index (Phi) is 4.46. The van der Waals surface area contributed by atoms with Gasteiger partial charge in [0.15, 0.2) is 0 Å². The third-order valence-corrected chi connectivity index (χ3v) is 4.84. The molecular weight excluding hydrogens is 262 g/mol. The monoisotopic (exact) mass is 279 g/mol. The molecule has 1 heterocycles. The second-order valence-electron chi connectivity index (χ2n) is 4.42. The molecule has 0 spiro atoms. The van der Waals surface area contributed by atoms with E-state index in [2.05, 4.69) is 11.8 Å². The third-order valence-electron chi connectivity index (χ3n) is 2.97. The highest BCUT2D eigenvalue weighted by Crippen LogP contribution is 2.23. The standard InChI is InChI=1S/C14H17NO3S/c16-11-3-1-5-13-6-8-14(9-7-13)15-10-2-4-12-19(15,17)18/h6-9,16H,2-4,10-12H2.